The molecular weight excluding hydrogens is 286 g/mol. The number of hydrogen-bond donors (Lipinski definition) is 0. The van der Waals surface area contributed by atoms with Gasteiger partial charge in [-0.3, -0.25) is 0 Å². The summed E-state index contributed by atoms with van der Waals surface area (Å²) in [6.07, 6.45) is 3.28. The fourth-order valence-electron chi connectivity index (χ4n) is 5.19. The first-order valence-corrected chi connectivity index (χ1v) is 8.42. The quantitative estimate of drug-likeness (QED) is 0.549. The number of nitroso groups, excluding NO2 is 1. The SMILES string of the molecule is C[C@@H]1CC[C@H]2[C@@H](C)[C@@](C)(N=O)O[C@@H]3O[C@]4(C)CCC1[C@]32OO4. The average molecular weight is 311 g/mol. The Kier molecular flexibility index (Phi) is 3.07. The molecule has 0 aromatic heterocycles. The molecule has 124 valence electrons. The Bertz CT molecular complexity index is 501. The first-order valence-electron chi connectivity index (χ1n) is 8.42. The van der Waals surface area contributed by atoms with E-state index in [1.54, 1.807) is 6.92 Å². The van der Waals surface area contributed by atoms with Crippen molar-refractivity contribution in [1.29, 1.82) is 0 Å². The van der Waals surface area contributed by atoms with E-state index in [0.29, 0.717) is 11.8 Å². The maximum absolute atomic E-state index is 11.5. The van der Waals surface area contributed by atoms with Gasteiger partial charge in [0.05, 0.1) is 0 Å². The molecule has 4 saturated heterocycles. The van der Waals surface area contributed by atoms with Crippen molar-refractivity contribution < 1.29 is 19.2 Å². The van der Waals surface area contributed by atoms with Crippen LogP contribution in [-0.4, -0.2) is 23.4 Å². The monoisotopic (exact) mass is 311 g/mol. The molecule has 4 heterocycles. The Morgan fingerprint density at radius 2 is 1.77 bits per heavy atom. The maximum atomic E-state index is 11.5. The summed E-state index contributed by atoms with van der Waals surface area (Å²) in [6, 6.07) is 0. The minimum absolute atomic E-state index is 0.0362. The highest BCUT2D eigenvalue weighted by Gasteiger charge is 2.71. The standard InChI is InChI=1S/C16H25NO5/c1-9-5-6-12-10(2)15(4,17-18)20-13-16(12)11(9)7-8-14(3,19-13)21-22-16/h9-13H,5-8H2,1-4H3/t9-,10-,11?,12+,13+,14+,15+,16-/m1/s1. The van der Waals surface area contributed by atoms with Crippen LogP contribution in [0.1, 0.15) is 53.4 Å². The molecule has 1 aliphatic carbocycles. The van der Waals surface area contributed by atoms with Gasteiger partial charge in [-0.05, 0) is 50.1 Å². The summed E-state index contributed by atoms with van der Waals surface area (Å²) >= 11 is 0. The zero-order chi connectivity index (χ0) is 15.8. The van der Waals surface area contributed by atoms with Gasteiger partial charge in [0.25, 0.3) is 0 Å². The van der Waals surface area contributed by atoms with Crippen LogP contribution in [0.5, 0.6) is 0 Å². The number of rotatable bonds is 1. The zero-order valence-electron chi connectivity index (χ0n) is 13.7. The van der Waals surface area contributed by atoms with Crippen LogP contribution in [-0.2, 0) is 19.2 Å². The largest absolute Gasteiger partial charge is 0.318 e. The van der Waals surface area contributed by atoms with Crippen LogP contribution in [0.15, 0.2) is 5.18 Å². The summed E-state index contributed by atoms with van der Waals surface area (Å²) in [5.74, 6) is 0.153. The van der Waals surface area contributed by atoms with Gasteiger partial charge in [-0.1, -0.05) is 13.8 Å². The van der Waals surface area contributed by atoms with Crippen molar-refractivity contribution in [3.05, 3.63) is 4.91 Å². The van der Waals surface area contributed by atoms with Gasteiger partial charge in [-0.2, -0.15) is 0 Å². The molecule has 0 aromatic carbocycles. The van der Waals surface area contributed by atoms with Crippen molar-refractivity contribution in [3.8, 4) is 0 Å². The van der Waals surface area contributed by atoms with Crippen LogP contribution in [0.3, 0.4) is 0 Å². The third-order valence-corrected chi connectivity index (χ3v) is 6.75. The van der Waals surface area contributed by atoms with E-state index < -0.39 is 23.4 Å². The molecule has 0 radical (unpaired) electrons. The van der Waals surface area contributed by atoms with Gasteiger partial charge in [0.15, 0.2) is 11.9 Å². The highest BCUT2D eigenvalue weighted by Crippen LogP contribution is 2.62. The summed E-state index contributed by atoms with van der Waals surface area (Å²) in [5, 5.41) is 3.30. The van der Waals surface area contributed by atoms with Gasteiger partial charge >= 0.3 is 0 Å². The van der Waals surface area contributed by atoms with E-state index in [-0.39, 0.29) is 11.8 Å². The first-order chi connectivity index (χ1) is 10.3. The summed E-state index contributed by atoms with van der Waals surface area (Å²) < 4.78 is 12.2. The van der Waals surface area contributed by atoms with E-state index in [1.807, 2.05) is 13.8 Å². The summed E-state index contributed by atoms with van der Waals surface area (Å²) in [7, 11) is 0. The van der Waals surface area contributed by atoms with Gasteiger partial charge in [-0.15, -0.1) is 4.91 Å². The Morgan fingerprint density at radius 3 is 2.50 bits per heavy atom. The van der Waals surface area contributed by atoms with Crippen LogP contribution in [0, 0.1) is 28.6 Å². The second-order valence-electron chi connectivity index (χ2n) is 7.96. The third kappa shape index (κ3) is 1.70. The van der Waals surface area contributed by atoms with Crippen molar-refractivity contribution in [2.24, 2.45) is 28.8 Å². The lowest BCUT2D eigenvalue weighted by Crippen LogP contribution is -2.72. The Morgan fingerprint density at radius 1 is 1.00 bits per heavy atom. The molecule has 6 heteroatoms. The second-order valence-corrected chi connectivity index (χ2v) is 7.96. The number of ether oxygens (including phenoxy) is 2. The lowest BCUT2D eigenvalue weighted by Gasteiger charge is -2.61. The molecule has 5 fully saturated rings. The lowest BCUT2D eigenvalue weighted by atomic mass is 9.57. The molecule has 1 spiro atoms. The molecule has 4 aliphatic heterocycles. The smallest absolute Gasteiger partial charge is 0.203 e. The molecule has 5 aliphatic rings. The predicted octanol–water partition coefficient (Wildman–Crippen LogP) is 3.35. The molecule has 0 N–H and O–H groups in total. The number of hydrogen-bond acceptors (Lipinski definition) is 6. The summed E-state index contributed by atoms with van der Waals surface area (Å²) in [6.45, 7) is 7.94. The van der Waals surface area contributed by atoms with Crippen LogP contribution < -0.4 is 0 Å². The molecule has 2 bridgehead atoms. The van der Waals surface area contributed by atoms with Crippen LogP contribution in [0.4, 0.5) is 0 Å². The first kappa shape index (κ1) is 15.0. The Balaban J connectivity index is 1.84. The summed E-state index contributed by atoms with van der Waals surface area (Å²) in [5.41, 5.74) is -1.69. The number of fused-ring (bicyclic) bond motifs is 2. The highest BCUT2D eigenvalue weighted by molar-refractivity contribution is 5.11. The van der Waals surface area contributed by atoms with E-state index in [0.717, 1.165) is 25.7 Å². The molecule has 0 aromatic rings. The molecule has 22 heavy (non-hydrogen) atoms. The molecule has 1 unspecified atom stereocenters. The highest BCUT2D eigenvalue weighted by atomic mass is 17.3. The van der Waals surface area contributed by atoms with Crippen LogP contribution >= 0.6 is 0 Å². The van der Waals surface area contributed by atoms with E-state index in [9.17, 15) is 4.91 Å². The lowest BCUT2D eigenvalue weighted by molar-refractivity contribution is -0.575. The predicted molar refractivity (Wildman–Crippen MR) is 77.2 cm³/mol. The van der Waals surface area contributed by atoms with Crippen LogP contribution in [0.25, 0.3) is 0 Å². The van der Waals surface area contributed by atoms with E-state index >= 15 is 0 Å². The topological polar surface area (TPSA) is 66.4 Å². The van der Waals surface area contributed by atoms with E-state index in [1.165, 1.54) is 0 Å². The van der Waals surface area contributed by atoms with E-state index in [4.69, 9.17) is 19.2 Å². The fraction of sp³-hybridized carbons (Fsp3) is 1.00. The van der Waals surface area contributed by atoms with Gasteiger partial charge in [0, 0.05) is 18.3 Å². The van der Waals surface area contributed by atoms with Crippen molar-refractivity contribution in [2.75, 3.05) is 0 Å². The van der Waals surface area contributed by atoms with Gasteiger partial charge in [-0.25, -0.2) is 9.78 Å². The third-order valence-electron chi connectivity index (χ3n) is 6.75. The van der Waals surface area contributed by atoms with E-state index in [2.05, 4.69) is 12.1 Å². The molecule has 0 amide bonds. The van der Waals surface area contributed by atoms with Gasteiger partial charge < -0.3 is 9.47 Å². The summed E-state index contributed by atoms with van der Waals surface area (Å²) in [4.78, 5) is 23.2. The minimum Gasteiger partial charge on any atom is -0.318 e. The Hall–Kier alpha value is -0.560. The normalized spacial score (nSPS) is 60.5. The van der Waals surface area contributed by atoms with Crippen molar-refractivity contribution in [1.82, 2.24) is 0 Å². The second kappa shape index (κ2) is 4.50. The molecule has 8 atom stereocenters. The van der Waals surface area contributed by atoms with Crippen molar-refractivity contribution in [2.45, 2.75) is 76.8 Å². The fourth-order valence-corrected chi connectivity index (χ4v) is 5.19. The molecule has 6 nitrogen and oxygen atoms in total. The molecular formula is C16H25NO5. The number of nitrogens with zero attached hydrogens (tertiary/aromatic N) is 1. The van der Waals surface area contributed by atoms with Crippen molar-refractivity contribution in [3.63, 3.8) is 0 Å². The maximum Gasteiger partial charge on any atom is 0.203 e. The molecule has 5 rings (SSSR count). The van der Waals surface area contributed by atoms with Gasteiger partial charge in [0.2, 0.25) is 11.5 Å². The zero-order valence-corrected chi connectivity index (χ0v) is 13.7. The molecule has 1 saturated carbocycles. The van der Waals surface area contributed by atoms with Crippen molar-refractivity contribution >= 4 is 0 Å². The average Bonchev–Trinajstić information content (AvgIpc) is 2.71. The van der Waals surface area contributed by atoms with Gasteiger partial charge in [0.1, 0.15) is 0 Å². The Labute approximate surface area is 130 Å². The van der Waals surface area contributed by atoms with Crippen LogP contribution in [0.2, 0.25) is 0 Å². The minimum atomic E-state index is -1.07.